The molecule has 2 rings (SSSR count). The molecule has 0 saturated heterocycles. The van der Waals surface area contributed by atoms with E-state index in [1.54, 1.807) is 20.4 Å². The number of aromatic nitrogens is 2. The fourth-order valence-electron chi connectivity index (χ4n) is 2.11. The Bertz CT molecular complexity index is 512. The zero-order chi connectivity index (χ0) is 14.2. The quantitative estimate of drug-likeness (QED) is 0.749. The molecular weight excluding hydrogens is 254 g/mol. The van der Waals surface area contributed by atoms with Gasteiger partial charge in [-0.15, -0.1) is 0 Å². The van der Waals surface area contributed by atoms with Crippen LogP contribution in [0.15, 0.2) is 36.7 Å². The Labute approximate surface area is 119 Å². The highest BCUT2D eigenvalue weighted by Crippen LogP contribution is 2.30. The molecule has 0 unspecified atom stereocenters. The van der Waals surface area contributed by atoms with Gasteiger partial charge in [-0.1, -0.05) is 12.1 Å². The topological polar surface area (TPSA) is 48.3 Å². The number of ether oxygens (including phenoxy) is 2. The van der Waals surface area contributed by atoms with Crippen molar-refractivity contribution in [2.75, 3.05) is 20.8 Å². The van der Waals surface area contributed by atoms with Gasteiger partial charge < -0.3 is 14.8 Å². The Kier molecular flexibility index (Phi) is 5.43. The second-order valence-corrected chi connectivity index (χ2v) is 4.45. The number of aryl methyl sites for hydroxylation is 1. The zero-order valence-electron chi connectivity index (χ0n) is 12.0. The van der Waals surface area contributed by atoms with E-state index in [-0.39, 0.29) is 0 Å². The number of rotatable bonds is 8. The Morgan fingerprint density at radius 2 is 2.10 bits per heavy atom. The SMILES string of the molecule is COc1cccc(CNCCCn2cccn2)c1OC. The van der Waals surface area contributed by atoms with Crippen molar-refractivity contribution in [2.45, 2.75) is 19.5 Å². The fourth-order valence-corrected chi connectivity index (χ4v) is 2.11. The average molecular weight is 275 g/mol. The first kappa shape index (κ1) is 14.4. The summed E-state index contributed by atoms with van der Waals surface area (Å²) in [4.78, 5) is 0. The molecule has 0 fully saturated rings. The van der Waals surface area contributed by atoms with E-state index < -0.39 is 0 Å². The highest BCUT2D eigenvalue weighted by Gasteiger charge is 2.08. The minimum Gasteiger partial charge on any atom is -0.493 e. The summed E-state index contributed by atoms with van der Waals surface area (Å²) >= 11 is 0. The van der Waals surface area contributed by atoms with Gasteiger partial charge in [0.1, 0.15) is 0 Å². The third-order valence-corrected chi connectivity index (χ3v) is 3.10. The largest absolute Gasteiger partial charge is 0.493 e. The smallest absolute Gasteiger partial charge is 0.165 e. The summed E-state index contributed by atoms with van der Waals surface area (Å²) in [7, 11) is 3.32. The lowest BCUT2D eigenvalue weighted by Gasteiger charge is -2.13. The second-order valence-electron chi connectivity index (χ2n) is 4.45. The van der Waals surface area contributed by atoms with Gasteiger partial charge in [-0.3, -0.25) is 4.68 Å². The van der Waals surface area contributed by atoms with Crippen LogP contribution in [0, 0.1) is 0 Å². The lowest BCUT2D eigenvalue weighted by molar-refractivity contribution is 0.350. The van der Waals surface area contributed by atoms with E-state index >= 15 is 0 Å². The van der Waals surface area contributed by atoms with Crippen molar-refractivity contribution >= 4 is 0 Å². The Morgan fingerprint density at radius 1 is 1.20 bits per heavy atom. The monoisotopic (exact) mass is 275 g/mol. The van der Waals surface area contributed by atoms with Gasteiger partial charge in [-0.2, -0.15) is 5.10 Å². The van der Waals surface area contributed by atoms with Crippen molar-refractivity contribution in [3.05, 3.63) is 42.2 Å². The molecule has 1 N–H and O–H groups in total. The molecule has 5 heteroatoms. The molecule has 0 aliphatic heterocycles. The summed E-state index contributed by atoms with van der Waals surface area (Å²) in [6.07, 6.45) is 4.81. The lowest BCUT2D eigenvalue weighted by atomic mass is 10.2. The first-order chi connectivity index (χ1) is 9.85. The van der Waals surface area contributed by atoms with E-state index in [1.807, 2.05) is 35.1 Å². The van der Waals surface area contributed by atoms with Crippen LogP contribution in [-0.4, -0.2) is 30.5 Å². The van der Waals surface area contributed by atoms with E-state index in [0.717, 1.165) is 43.1 Å². The molecule has 0 aliphatic carbocycles. The maximum absolute atomic E-state index is 5.40. The van der Waals surface area contributed by atoms with Gasteiger partial charge in [0.2, 0.25) is 0 Å². The van der Waals surface area contributed by atoms with Gasteiger partial charge in [-0.25, -0.2) is 0 Å². The molecule has 0 aliphatic rings. The van der Waals surface area contributed by atoms with Crippen molar-refractivity contribution in [1.29, 1.82) is 0 Å². The Balaban J connectivity index is 1.79. The molecule has 20 heavy (non-hydrogen) atoms. The molecular formula is C15H21N3O2. The molecule has 0 saturated carbocycles. The summed E-state index contributed by atoms with van der Waals surface area (Å²) in [6.45, 7) is 2.62. The maximum atomic E-state index is 5.40. The van der Waals surface area contributed by atoms with Crippen LogP contribution >= 0.6 is 0 Å². The molecule has 0 amide bonds. The zero-order valence-corrected chi connectivity index (χ0v) is 12.0. The van der Waals surface area contributed by atoms with Crippen molar-refractivity contribution in [3.63, 3.8) is 0 Å². The second kappa shape index (κ2) is 7.55. The highest BCUT2D eigenvalue weighted by molar-refractivity contribution is 5.46. The van der Waals surface area contributed by atoms with Gasteiger partial charge in [0.15, 0.2) is 11.5 Å². The third kappa shape index (κ3) is 3.74. The van der Waals surface area contributed by atoms with Crippen LogP contribution in [0.1, 0.15) is 12.0 Å². The van der Waals surface area contributed by atoms with Crippen LogP contribution in [0.4, 0.5) is 0 Å². The van der Waals surface area contributed by atoms with Crippen LogP contribution < -0.4 is 14.8 Å². The maximum Gasteiger partial charge on any atom is 0.165 e. The van der Waals surface area contributed by atoms with E-state index in [2.05, 4.69) is 10.4 Å². The number of methoxy groups -OCH3 is 2. The van der Waals surface area contributed by atoms with Gasteiger partial charge in [0.25, 0.3) is 0 Å². The van der Waals surface area contributed by atoms with E-state index in [9.17, 15) is 0 Å². The molecule has 108 valence electrons. The molecule has 1 aromatic heterocycles. The molecule has 0 atom stereocenters. The molecule has 5 nitrogen and oxygen atoms in total. The Hall–Kier alpha value is -2.01. The van der Waals surface area contributed by atoms with Crippen molar-refractivity contribution in [3.8, 4) is 11.5 Å². The molecule has 0 spiro atoms. The van der Waals surface area contributed by atoms with E-state index in [4.69, 9.17) is 9.47 Å². The summed E-state index contributed by atoms with van der Waals surface area (Å²) < 4.78 is 12.6. The number of hydrogen-bond donors (Lipinski definition) is 1. The fraction of sp³-hybridized carbons (Fsp3) is 0.400. The van der Waals surface area contributed by atoms with Crippen LogP contribution in [0.25, 0.3) is 0 Å². The van der Waals surface area contributed by atoms with Crippen LogP contribution in [0.2, 0.25) is 0 Å². The van der Waals surface area contributed by atoms with Crippen LogP contribution in [0.3, 0.4) is 0 Å². The number of benzene rings is 1. The number of nitrogens with one attached hydrogen (secondary N) is 1. The minimum absolute atomic E-state index is 0.763. The number of para-hydroxylation sites is 1. The molecule has 1 heterocycles. The molecule has 1 aromatic carbocycles. The summed E-state index contributed by atoms with van der Waals surface area (Å²) in [5.74, 6) is 1.57. The first-order valence-electron chi connectivity index (χ1n) is 6.73. The predicted molar refractivity (Wildman–Crippen MR) is 78.1 cm³/mol. The van der Waals surface area contributed by atoms with Gasteiger partial charge in [-0.05, 0) is 25.1 Å². The normalized spacial score (nSPS) is 10.5. The first-order valence-corrected chi connectivity index (χ1v) is 6.73. The van der Waals surface area contributed by atoms with E-state index in [1.165, 1.54) is 0 Å². The van der Waals surface area contributed by atoms with Crippen LogP contribution in [0.5, 0.6) is 11.5 Å². The summed E-state index contributed by atoms with van der Waals surface area (Å²) in [5.41, 5.74) is 1.10. The van der Waals surface area contributed by atoms with E-state index in [0.29, 0.717) is 0 Å². The average Bonchev–Trinajstić information content (AvgIpc) is 2.99. The predicted octanol–water partition coefficient (Wildman–Crippen LogP) is 2.08. The molecule has 0 radical (unpaired) electrons. The number of nitrogens with zero attached hydrogens (tertiary/aromatic N) is 2. The molecule has 2 aromatic rings. The summed E-state index contributed by atoms with van der Waals surface area (Å²) in [5, 5.41) is 7.59. The van der Waals surface area contributed by atoms with Crippen LogP contribution in [-0.2, 0) is 13.1 Å². The van der Waals surface area contributed by atoms with Gasteiger partial charge in [0.05, 0.1) is 14.2 Å². The highest BCUT2D eigenvalue weighted by atomic mass is 16.5. The third-order valence-electron chi connectivity index (χ3n) is 3.10. The van der Waals surface area contributed by atoms with Gasteiger partial charge >= 0.3 is 0 Å². The van der Waals surface area contributed by atoms with Crippen molar-refractivity contribution in [1.82, 2.24) is 15.1 Å². The molecule has 0 bridgehead atoms. The Morgan fingerprint density at radius 3 is 2.80 bits per heavy atom. The number of hydrogen-bond acceptors (Lipinski definition) is 4. The summed E-state index contributed by atoms with van der Waals surface area (Å²) in [6, 6.07) is 7.86. The van der Waals surface area contributed by atoms with Gasteiger partial charge in [0, 0.05) is 31.0 Å². The van der Waals surface area contributed by atoms with Crippen molar-refractivity contribution in [2.24, 2.45) is 0 Å². The lowest BCUT2D eigenvalue weighted by Crippen LogP contribution is -2.17. The van der Waals surface area contributed by atoms with Crippen molar-refractivity contribution < 1.29 is 9.47 Å². The standard InChI is InChI=1S/C15H21N3O2/c1-19-14-7-3-6-13(15(14)20-2)12-16-8-4-10-18-11-5-9-17-18/h3,5-7,9,11,16H,4,8,10,12H2,1-2H3. The minimum atomic E-state index is 0.763.